The highest BCUT2D eigenvalue weighted by atomic mass is 127. The zero-order valence-corrected chi connectivity index (χ0v) is 19.2. The van der Waals surface area contributed by atoms with E-state index in [1.165, 1.54) is 6.42 Å². The van der Waals surface area contributed by atoms with Crippen molar-refractivity contribution < 1.29 is 14.3 Å². The maximum Gasteiger partial charge on any atom is 0.223 e. The molecule has 158 valence electrons. The number of piperidine rings is 1. The summed E-state index contributed by atoms with van der Waals surface area (Å²) in [6.07, 6.45) is 7.60. The number of hydrogen-bond acceptors (Lipinski definition) is 4. The highest BCUT2D eigenvalue weighted by Gasteiger charge is 2.24. The minimum atomic E-state index is 0. The van der Waals surface area contributed by atoms with E-state index in [-0.39, 0.29) is 35.8 Å². The smallest absolute Gasteiger partial charge is 0.223 e. The summed E-state index contributed by atoms with van der Waals surface area (Å²) in [5, 5.41) is 6.44. The van der Waals surface area contributed by atoms with Gasteiger partial charge in [-0.2, -0.15) is 0 Å². The number of rotatable bonds is 10. The molecular weight excluding hydrogens is 459 g/mol. The second-order valence-corrected chi connectivity index (χ2v) is 7.15. The van der Waals surface area contributed by atoms with Gasteiger partial charge in [0.05, 0.1) is 6.10 Å². The molecule has 0 unspecified atom stereocenters. The van der Waals surface area contributed by atoms with Crippen LogP contribution in [0.4, 0.5) is 0 Å². The number of amides is 1. The number of aliphatic imine (C=N–C) groups is 1. The average molecular weight is 496 g/mol. The molecule has 1 saturated heterocycles. The van der Waals surface area contributed by atoms with E-state index in [0.29, 0.717) is 6.10 Å². The lowest BCUT2D eigenvalue weighted by Crippen LogP contribution is -2.47. The van der Waals surface area contributed by atoms with Crippen molar-refractivity contribution in [3.05, 3.63) is 0 Å². The lowest BCUT2D eigenvalue weighted by molar-refractivity contribution is -0.127. The lowest BCUT2D eigenvalue weighted by atomic mass is 9.85. The summed E-state index contributed by atoms with van der Waals surface area (Å²) in [5.41, 5.74) is 0. The van der Waals surface area contributed by atoms with E-state index >= 15 is 0 Å². The van der Waals surface area contributed by atoms with E-state index in [1.54, 1.807) is 7.11 Å². The van der Waals surface area contributed by atoms with Gasteiger partial charge in [-0.15, -0.1) is 24.0 Å². The Bertz CT molecular complexity index is 439. The van der Waals surface area contributed by atoms with Crippen molar-refractivity contribution in [2.24, 2.45) is 10.9 Å². The van der Waals surface area contributed by atoms with Crippen LogP contribution in [0.1, 0.15) is 44.9 Å². The molecule has 0 atom stereocenters. The fourth-order valence-corrected chi connectivity index (χ4v) is 3.33. The Balaban J connectivity index is 0.00000364. The van der Waals surface area contributed by atoms with Gasteiger partial charge in [0.1, 0.15) is 0 Å². The predicted octanol–water partition coefficient (Wildman–Crippen LogP) is 2.00. The molecule has 1 amide bonds. The first-order chi connectivity index (χ1) is 12.7. The normalized spacial score (nSPS) is 18.6. The molecular formula is C19H37IN4O3. The van der Waals surface area contributed by atoms with Crippen molar-refractivity contribution in [3.8, 4) is 0 Å². The van der Waals surface area contributed by atoms with Crippen molar-refractivity contribution in [1.29, 1.82) is 0 Å². The van der Waals surface area contributed by atoms with E-state index in [9.17, 15) is 4.79 Å². The van der Waals surface area contributed by atoms with Gasteiger partial charge in [-0.3, -0.25) is 9.79 Å². The first kappa shape index (κ1) is 24.4. The third-order valence-corrected chi connectivity index (χ3v) is 5.21. The monoisotopic (exact) mass is 496 g/mol. The Kier molecular flexibility index (Phi) is 13.0. The van der Waals surface area contributed by atoms with Gasteiger partial charge in [0, 0.05) is 59.5 Å². The quantitative estimate of drug-likeness (QED) is 0.210. The zero-order valence-electron chi connectivity index (χ0n) is 16.9. The SMILES string of the molecule is CN=C(NCCCNC(=O)C1CCC1)N1CCC(OCCCOC)CC1.I. The van der Waals surface area contributed by atoms with Gasteiger partial charge in [0.15, 0.2) is 5.96 Å². The number of hydrogen-bond donors (Lipinski definition) is 2. The maximum absolute atomic E-state index is 11.8. The Labute approximate surface area is 181 Å². The summed E-state index contributed by atoms with van der Waals surface area (Å²) in [7, 11) is 3.55. The van der Waals surface area contributed by atoms with Crippen molar-refractivity contribution in [3.63, 3.8) is 0 Å². The Hall–Kier alpha value is -0.610. The second-order valence-electron chi connectivity index (χ2n) is 7.15. The highest BCUT2D eigenvalue weighted by molar-refractivity contribution is 14.0. The molecule has 2 N–H and O–H groups in total. The van der Waals surface area contributed by atoms with Crippen LogP contribution in [0.5, 0.6) is 0 Å². The van der Waals surface area contributed by atoms with Gasteiger partial charge in [-0.05, 0) is 38.5 Å². The molecule has 7 nitrogen and oxygen atoms in total. The molecule has 0 aromatic heterocycles. The van der Waals surface area contributed by atoms with Crippen LogP contribution in [-0.4, -0.2) is 76.4 Å². The number of carbonyl (C=O) groups excluding carboxylic acids is 1. The Morgan fingerprint density at radius 1 is 1.07 bits per heavy atom. The first-order valence-electron chi connectivity index (χ1n) is 10.1. The fourth-order valence-electron chi connectivity index (χ4n) is 3.33. The molecule has 1 heterocycles. The van der Waals surface area contributed by atoms with Gasteiger partial charge in [-0.25, -0.2) is 0 Å². The molecule has 0 radical (unpaired) electrons. The van der Waals surface area contributed by atoms with Crippen LogP contribution in [0.15, 0.2) is 4.99 Å². The fraction of sp³-hybridized carbons (Fsp3) is 0.895. The molecule has 1 aliphatic carbocycles. The van der Waals surface area contributed by atoms with E-state index in [2.05, 4.69) is 20.5 Å². The van der Waals surface area contributed by atoms with E-state index in [0.717, 1.165) is 83.9 Å². The van der Waals surface area contributed by atoms with Crippen molar-refractivity contribution in [2.75, 3.05) is 53.6 Å². The van der Waals surface area contributed by atoms with Crippen LogP contribution in [0, 0.1) is 5.92 Å². The molecule has 1 aliphatic heterocycles. The number of methoxy groups -OCH3 is 1. The van der Waals surface area contributed by atoms with Crippen molar-refractivity contribution >= 4 is 35.8 Å². The molecule has 27 heavy (non-hydrogen) atoms. The first-order valence-corrected chi connectivity index (χ1v) is 10.1. The van der Waals surface area contributed by atoms with E-state index < -0.39 is 0 Å². The summed E-state index contributed by atoms with van der Waals surface area (Å²) >= 11 is 0. The number of guanidine groups is 1. The van der Waals surface area contributed by atoms with Crippen LogP contribution in [0.3, 0.4) is 0 Å². The number of nitrogens with zero attached hydrogens (tertiary/aromatic N) is 2. The molecule has 2 rings (SSSR count). The van der Waals surface area contributed by atoms with Gasteiger partial charge in [0.2, 0.25) is 5.91 Å². The molecule has 1 saturated carbocycles. The number of halogens is 1. The number of likely N-dealkylation sites (tertiary alicyclic amines) is 1. The van der Waals surface area contributed by atoms with Gasteiger partial charge < -0.3 is 25.0 Å². The van der Waals surface area contributed by atoms with E-state index in [4.69, 9.17) is 9.47 Å². The number of carbonyl (C=O) groups is 1. The lowest BCUT2D eigenvalue weighted by Gasteiger charge is -2.34. The Morgan fingerprint density at radius 3 is 2.37 bits per heavy atom. The van der Waals surface area contributed by atoms with Crippen LogP contribution >= 0.6 is 24.0 Å². The van der Waals surface area contributed by atoms with Crippen LogP contribution in [-0.2, 0) is 14.3 Å². The highest BCUT2D eigenvalue weighted by Crippen LogP contribution is 2.26. The summed E-state index contributed by atoms with van der Waals surface area (Å²) in [4.78, 5) is 18.5. The largest absolute Gasteiger partial charge is 0.385 e. The van der Waals surface area contributed by atoms with Gasteiger partial charge >= 0.3 is 0 Å². The van der Waals surface area contributed by atoms with Gasteiger partial charge in [-0.1, -0.05) is 6.42 Å². The zero-order chi connectivity index (χ0) is 18.6. The maximum atomic E-state index is 11.8. The summed E-state index contributed by atoms with van der Waals surface area (Å²) < 4.78 is 11.0. The number of nitrogens with one attached hydrogen (secondary N) is 2. The van der Waals surface area contributed by atoms with Crippen LogP contribution in [0.25, 0.3) is 0 Å². The summed E-state index contributed by atoms with van der Waals surface area (Å²) in [6, 6.07) is 0. The van der Waals surface area contributed by atoms with E-state index in [1.807, 2.05) is 7.05 Å². The Morgan fingerprint density at radius 2 is 1.78 bits per heavy atom. The molecule has 8 heteroatoms. The summed E-state index contributed by atoms with van der Waals surface area (Å²) in [6.45, 7) is 5.02. The standard InChI is InChI=1S/C19H36N4O3.HI/c1-20-19(22-11-4-10-21-18(24)16-6-3-7-16)23-12-8-17(9-13-23)26-15-5-14-25-2;/h16-17H,3-15H2,1-2H3,(H,20,22)(H,21,24);1H. The topological polar surface area (TPSA) is 75.2 Å². The average Bonchev–Trinajstić information content (AvgIpc) is 2.61. The minimum Gasteiger partial charge on any atom is -0.385 e. The van der Waals surface area contributed by atoms with Gasteiger partial charge in [0.25, 0.3) is 0 Å². The molecule has 0 spiro atoms. The second kappa shape index (κ2) is 14.4. The molecule has 0 bridgehead atoms. The molecule has 0 aromatic rings. The minimum absolute atomic E-state index is 0. The van der Waals surface area contributed by atoms with Crippen molar-refractivity contribution in [1.82, 2.24) is 15.5 Å². The van der Waals surface area contributed by atoms with Crippen LogP contribution in [0.2, 0.25) is 0 Å². The molecule has 2 aliphatic rings. The number of ether oxygens (including phenoxy) is 2. The summed E-state index contributed by atoms with van der Waals surface area (Å²) in [5.74, 6) is 1.45. The van der Waals surface area contributed by atoms with Crippen molar-refractivity contribution in [2.45, 2.75) is 51.0 Å². The third kappa shape index (κ3) is 8.95. The third-order valence-electron chi connectivity index (χ3n) is 5.21. The predicted molar refractivity (Wildman–Crippen MR) is 119 cm³/mol. The molecule has 0 aromatic carbocycles. The molecule has 2 fully saturated rings. The van der Waals surface area contributed by atoms with Crippen LogP contribution < -0.4 is 10.6 Å².